The summed E-state index contributed by atoms with van der Waals surface area (Å²) < 4.78 is 6.73. The van der Waals surface area contributed by atoms with E-state index in [1.807, 2.05) is 31.2 Å². The SMILES string of the molecule is C=CCn1c(O)c(C(=O)c2oc3ccc(CC)cc3c2C)c(C)c(C#N)c1=O. The summed E-state index contributed by atoms with van der Waals surface area (Å²) in [6, 6.07) is 7.54. The molecule has 1 N–H and O–H groups in total. The van der Waals surface area contributed by atoms with Gasteiger partial charge in [-0.2, -0.15) is 5.26 Å². The fraction of sp³-hybridized carbons (Fsp3) is 0.227. The van der Waals surface area contributed by atoms with Crippen LogP contribution in [0.4, 0.5) is 0 Å². The maximum atomic E-state index is 13.3. The summed E-state index contributed by atoms with van der Waals surface area (Å²) in [5.74, 6) is -0.995. The topological polar surface area (TPSA) is 96.2 Å². The Morgan fingerprint density at radius 2 is 2.07 bits per heavy atom. The number of rotatable bonds is 5. The molecule has 3 aromatic rings. The molecule has 3 rings (SSSR count). The molecule has 0 fully saturated rings. The lowest BCUT2D eigenvalue weighted by Gasteiger charge is -2.13. The first-order chi connectivity index (χ1) is 13.3. The number of carbonyl (C=O) groups is 1. The smallest absolute Gasteiger partial charge is 0.271 e. The van der Waals surface area contributed by atoms with E-state index in [0.717, 1.165) is 21.9 Å². The van der Waals surface area contributed by atoms with Gasteiger partial charge in [0.1, 0.15) is 17.2 Å². The number of pyridine rings is 1. The molecule has 6 heteroatoms. The number of ketones is 1. The maximum absolute atomic E-state index is 13.3. The van der Waals surface area contributed by atoms with Crippen molar-refractivity contribution in [1.82, 2.24) is 4.57 Å². The van der Waals surface area contributed by atoms with Crippen molar-refractivity contribution >= 4 is 16.8 Å². The van der Waals surface area contributed by atoms with E-state index in [1.165, 1.54) is 13.0 Å². The highest BCUT2D eigenvalue weighted by atomic mass is 16.3. The Bertz CT molecular complexity index is 1220. The fourth-order valence-corrected chi connectivity index (χ4v) is 3.34. The predicted octanol–water partition coefficient (Wildman–Crippen LogP) is 3.77. The van der Waals surface area contributed by atoms with Gasteiger partial charge in [-0.25, -0.2) is 0 Å². The summed E-state index contributed by atoms with van der Waals surface area (Å²) >= 11 is 0. The normalized spacial score (nSPS) is 10.8. The van der Waals surface area contributed by atoms with Crippen LogP contribution in [0.25, 0.3) is 11.0 Å². The molecule has 2 aromatic heterocycles. The molecule has 0 saturated carbocycles. The van der Waals surface area contributed by atoms with Crippen molar-refractivity contribution in [3.8, 4) is 11.9 Å². The zero-order chi connectivity index (χ0) is 20.6. The molecule has 0 unspecified atom stereocenters. The number of hydrogen-bond donors (Lipinski definition) is 1. The second-order valence-corrected chi connectivity index (χ2v) is 6.58. The van der Waals surface area contributed by atoms with Crippen LogP contribution in [0.1, 0.15) is 45.3 Å². The number of aromatic nitrogens is 1. The lowest BCUT2D eigenvalue weighted by molar-refractivity contribution is 0.101. The third kappa shape index (κ3) is 2.81. The van der Waals surface area contributed by atoms with Gasteiger partial charge in [-0.3, -0.25) is 14.2 Å². The quantitative estimate of drug-likeness (QED) is 0.540. The van der Waals surface area contributed by atoms with Crippen LogP contribution in [-0.2, 0) is 13.0 Å². The number of benzene rings is 1. The Labute approximate surface area is 161 Å². The molecule has 142 valence electrons. The van der Waals surface area contributed by atoms with Gasteiger partial charge in [-0.05, 0) is 43.5 Å². The fourth-order valence-electron chi connectivity index (χ4n) is 3.34. The third-order valence-corrected chi connectivity index (χ3v) is 4.95. The summed E-state index contributed by atoms with van der Waals surface area (Å²) in [7, 11) is 0. The molecule has 0 saturated heterocycles. The minimum absolute atomic E-state index is 0.0289. The number of carbonyl (C=O) groups excluding carboxylic acids is 1. The minimum Gasteiger partial charge on any atom is -0.494 e. The summed E-state index contributed by atoms with van der Waals surface area (Å²) in [4.78, 5) is 25.7. The standard InChI is InChI=1S/C22H20N2O4/c1-5-9-24-21(26)16(11-23)12(3)18(22(24)27)19(25)20-13(4)15-10-14(6-2)7-8-17(15)28-20/h5,7-8,10,27H,1,6,9H2,2-4H3. The number of allylic oxidation sites excluding steroid dienone is 1. The van der Waals surface area contributed by atoms with Crippen LogP contribution in [0, 0.1) is 25.2 Å². The molecule has 0 amide bonds. The van der Waals surface area contributed by atoms with Crippen LogP contribution >= 0.6 is 0 Å². The molecular formula is C22H20N2O4. The van der Waals surface area contributed by atoms with E-state index in [1.54, 1.807) is 6.92 Å². The number of nitrogens with zero attached hydrogens (tertiary/aromatic N) is 2. The number of furan rings is 1. The minimum atomic E-state index is -0.664. The second-order valence-electron chi connectivity index (χ2n) is 6.58. The van der Waals surface area contributed by atoms with Crippen molar-refractivity contribution in [2.75, 3.05) is 0 Å². The molecule has 0 atom stereocenters. The molecule has 0 bridgehead atoms. The third-order valence-electron chi connectivity index (χ3n) is 4.95. The summed E-state index contributed by atoms with van der Waals surface area (Å²) in [6.45, 7) is 8.80. The lowest BCUT2D eigenvalue weighted by atomic mass is 9.98. The average molecular weight is 376 g/mol. The highest BCUT2D eigenvalue weighted by molar-refractivity contribution is 6.12. The molecule has 28 heavy (non-hydrogen) atoms. The number of aryl methyl sites for hydroxylation is 2. The van der Waals surface area contributed by atoms with E-state index in [4.69, 9.17) is 4.42 Å². The second kappa shape index (κ2) is 7.20. The summed E-state index contributed by atoms with van der Waals surface area (Å²) in [6.07, 6.45) is 2.26. The molecule has 1 aromatic carbocycles. The van der Waals surface area contributed by atoms with Gasteiger partial charge in [0, 0.05) is 17.5 Å². The monoisotopic (exact) mass is 376 g/mol. The summed E-state index contributed by atoms with van der Waals surface area (Å²) in [5, 5.41) is 20.8. The van der Waals surface area contributed by atoms with Crippen molar-refractivity contribution in [3.05, 3.63) is 74.8 Å². The molecule has 0 radical (unpaired) electrons. The molecule has 2 heterocycles. The largest absolute Gasteiger partial charge is 0.494 e. The first-order valence-electron chi connectivity index (χ1n) is 8.89. The van der Waals surface area contributed by atoms with E-state index in [-0.39, 0.29) is 29.0 Å². The summed E-state index contributed by atoms with van der Waals surface area (Å²) in [5.41, 5.74) is 1.48. The number of fused-ring (bicyclic) bond motifs is 1. The van der Waals surface area contributed by atoms with E-state index in [0.29, 0.717) is 11.1 Å². The molecular weight excluding hydrogens is 356 g/mol. The zero-order valence-corrected chi connectivity index (χ0v) is 16.0. The van der Waals surface area contributed by atoms with Crippen LogP contribution in [0.3, 0.4) is 0 Å². The number of aromatic hydroxyl groups is 1. The Hall–Kier alpha value is -3.59. The average Bonchev–Trinajstić information content (AvgIpc) is 3.01. The highest BCUT2D eigenvalue weighted by Gasteiger charge is 2.28. The number of nitriles is 1. The maximum Gasteiger partial charge on any atom is 0.271 e. The lowest BCUT2D eigenvalue weighted by Crippen LogP contribution is -2.26. The molecule has 0 aliphatic heterocycles. The van der Waals surface area contributed by atoms with Gasteiger partial charge in [0.05, 0.1) is 5.56 Å². The van der Waals surface area contributed by atoms with Gasteiger partial charge < -0.3 is 9.52 Å². The van der Waals surface area contributed by atoms with Gasteiger partial charge in [0.2, 0.25) is 11.7 Å². The molecule has 0 aliphatic rings. The van der Waals surface area contributed by atoms with Crippen LogP contribution in [0.2, 0.25) is 0 Å². The van der Waals surface area contributed by atoms with Gasteiger partial charge in [0.15, 0.2) is 5.76 Å². The van der Waals surface area contributed by atoms with Crippen molar-refractivity contribution in [1.29, 1.82) is 5.26 Å². The number of hydrogen-bond acceptors (Lipinski definition) is 5. The van der Waals surface area contributed by atoms with E-state index in [9.17, 15) is 20.0 Å². The molecule has 6 nitrogen and oxygen atoms in total. The van der Waals surface area contributed by atoms with E-state index in [2.05, 4.69) is 6.58 Å². The van der Waals surface area contributed by atoms with Gasteiger partial charge in [-0.1, -0.05) is 19.1 Å². The first kappa shape index (κ1) is 19.2. The van der Waals surface area contributed by atoms with Gasteiger partial charge in [0.25, 0.3) is 5.56 Å². The predicted molar refractivity (Wildman–Crippen MR) is 106 cm³/mol. The zero-order valence-electron chi connectivity index (χ0n) is 16.0. The van der Waals surface area contributed by atoms with Crippen molar-refractivity contribution in [3.63, 3.8) is 0 Å². The van der Waals surface area contributed by atoms with Crippen molar-refractivity contribution < 1.29 is 14.3 Å². The first-order valence-corrected chi connectivity index (χ1v) is 8.89. The van der Waals surface area contributed by atoms with Crippen LogP contribution in [0.5, 0.6) is 5.88 Å². The Kier molecular flexibility index (Phi) is 4.93. The van der Waals surface area contributed by atoms with E-state index < -0.39 is 17.2 Å². The molecule has 0 spiro atoms. The van der Waals surface area contributed by atoms with E-state index >= 15 is 0 Å². The van der Waals surface area contributed by atoms with Gasteiger partial charge in [-0.15, -0.1) is 6.58 Å². The highest BCUT2D eigenvalue weighted by Crippen LogP contribution is 2.31. The van der Waals surface area contributed by atoms with Crippen molar-refractivity contribution in [2.45, 2.75) is 33.7 Å². The molecule has 0 aliphatic carbocycles. The van der Waals surface area contributed by atoms with Gasteiger partial charge >= 0.3 is 0 Å². The Morgan fingerprint density at radius 3 is 2.68 bits per heavy atom. The van der Waals surface area contributed by atoms with Crippen LogP contribution < -0.4 is 5.56 Å². The Balaban J connectivity index is 2.29. The van der Waals surface area contributed by atoms with Crippen LogP contribution in [0.15, 0.2) is 40.1 Å². The van der Waals surface area contributed by atoms with Crippen LogP contribution in [-0.4, -0.2) is 15.5 Å². The van der Waals surface area contributed by atoms with Crippen molar-refractivity contribution in [2.24, 2.45) is 0 Å². The Morgan fingerprint density at radius 1 is 1.36 bits per heavy atom.